The van der Waals surface area contributed by atoms with Gasteiger partial charge in [-0.3, -0.25) is 5.10 Å². The van der Waals surface area contributed by atoms with Gasteiger partial charge in [-0.25, -0.2) is 9.37 Å². The molecule has 6 aromatic rings. The van der Waals surface area contributed by atoms with E-state index >= 15 is 0 Å². The summed E-state index contributed by atoms with van der Waals surface area (Å²) in [5, 5.41) is 16.4. The van der Waals surface area contributed by atoms with E-state index < -0.39 is 5.82 Å². The second-order valence-corrected chi connectivity index (χ2v) is 8.44. The molecule has 0 spiro atoms. The average Bonchev–Trinajstić information content (AvgIpc) is 3.46. The topological polar surface area (TPSA) is 94.3 Å². The maximum atomic E-state index is 14.8. The lowest BCUT2D eigenvalue weighted by molar-refractivity contribution is 0.633. The van der Waals surface area contributed by atoms with E-state index in [-0.39, 0.29) is 0 Å². The van der Waals surface area contributed by atoms with Gasteiger partial charge in [-0.1, -0.05) is 29.8 Å². The van der Waals surface area contributed by atoms with Gasteiger partial charge in [0.25, 0.3) is 0 Å². The number of nitrogens with zero attached hydrogens (tertiary/aromatic N) is 3. The van der Waals surface area contributed by atoms with Crippen LogP contribution in [0.5, 0.6) is 0 Å². The van der Waals surface area contributed by atoms with Gasteiger partial charge in [-0.05, 0) is 42.3 Å². The highest BCUT2D eigenvalue weighted by molar-refractivity contribution is 6.31. The fourth-order valence-corrected chi connectivity index (χ4v) is 4.28. The van der Waals surface area contributed by atoms with Crippen molar-refractivity contribution in [1.82, 2.24) is 25.1 Å². The van der Waals surface area contributed by atoms with Crippen molar-refractivity contribution in [1.29, 1.82) is 0 Å². The molecule has 3 heterocycles. The molecular formula is C25H19ClFN7. The first kappa shape index (κ1) is 20.4. The Hall–Kier alpha value is -4.17. The second kappa shape index (κ2) is 8.31. The lowest BCUT2D eigenvalue weighted by atomic mass is 10.1. The Morgan fingerprint density at radius 3 is 2.82 bits per heavy atom. The highest BCUT2D eigenvalue weighted by Crippen LogP contribution is 2.30. The minimum absolute atomic E-state index is 0.290. The zero-order chi connectivity index (χ0) is 23.1. The summed E-state index contributed by atoms with van der Waals surface area (Å²) < 4.78 is 14.8. The molecule has 0 fully saturated rings. The van der Waals surface area contributed by atoms with Crippen LogP contribution in [0.25, 0.3) is 32.7 Å². The summed E-state index contributed by atoms with van der Waals surface area (Å²) in [6.45, 7) is 0.635. The number of fused-ring (bicyclic) bond motifs is 3. The SMILES string of the molecule is Fc1cc2[nH]ncc2cc1Nc1nc(NCCc2c[nH]c3ccccc23)nc2ccc(Cl)cc12. The van der Waals surface area contributed by atoms with E-state index in [2.05, 4.69) is 47.9 Å². The normalized spacial score (nSPS) is 11.5. The predicted molar refractivity (Wildman–Crippen MR) is 134 cm³/mol. The summed E-state index contributed by atoms with van der Waals surface area (Å²) in [6.07, 6.45) is 4.46. The first-order valence-corrected chi connectivity index (χ1v) is 11.2. The number of H-pyrrole nitrogens is 2. The molecule has 9 heteroatoms. The number of benzene rings is 3. The predicted octanol–water partition coefficient (Wildman–Crippen LogP) is 6.18. The molecule has 0 aliphatic rings. The number of hydrogen-bond donors (Lipinski definition) is 4. The number of nitrogens with one attached hydrogen (secondary N) is 4. The Bertz CT molecular complexity index is 1660. The first-order chi connectivity index (χ1) is 16.6. The molecular weight excluding hydrogens is 453 g/mol. The molecule has 6 rings (SSSR count). The zero-order valence-corrected chi connectivity index (χ0v) is 18.6. The van der Waals surface area contributed by atoms with Crippen LogP contribution >= 0.6 is 11.6 Å². The first-order valence-electron chi connectivity index (χ1n) is 10.8. The van der Waals surface area contributed by atoms with Gasteiger partial charge in [0.15, 0.2) is 0 Å². The minimum atomic E-state index is -0.417. The van der Waals surface area contributed by atoms with Crippen molar-refractivity contribution in [3.05, 3.63) is 83.4 Å². The van der Waals surface area contributed by atoms with Crippen molar-refractivity contribution in [2.75, 3.05) is 17.2 Å². The Balaban J connectivity index is 1.31. The molecule has 34 heavy (non-hydrogen) atoms. The minimum Gasteiger partial charge on any atom is -0.361 e. The van der Waals surface area contributed by atoms with E-state index in [4.69, 9.17) is 11.6 Å². The summed E-state index contributed by atoms with van der Waals surface area (Å²) in [5.74, 6) is 0.491. The summed E-state index contributed by atoms with van der Waals surface area (Å²) in [6, 6.07) is 16.7. The molecule has 0 saturated carbocycles. The van der Waals surface area contributed by atoms with Crippen molar-refractivity contribution in [3.63, 3.8) is 0 Å². The summed E-state index contributed by atoms with van der Waals surface area (Å²) in [4.78, 5) is 12.6. The molecule has 0 aliphatic carbocycles. The van der Waals surface area contributed by atoms with Crippen LogP contribution in [0.2, 0.25) is 5.02 Å². The van der Waals surface area contributed by atoms with Crippen LogP contribution in [-0.2, 0) is 6.42 Å². The Labute approximate surface area is 198 Å². The van der Waals surface area contributed by atoms with Gasteiger partial charge >= 0.3 is 0 Å². The largest absolute Gasteiger partial charge is 0.361 e. The van der Waals surface area contributed by atoms with Crippen molar-refractivity contribution in [2.24, 2.45) is 0 Å². The smallest absolute Gasteiger partial charge is 0.225 e. The third kappa shape index (κ3) is 3.78. The van der Waals surface area contributed by atoms with Gasteiger partial charge < -0.3 is 15.6 Å². The maximum Gasteiger partial charge on any atom is 0.225 e. The molecule has 0 atom stereocenters. The van der Waals surface area contributed by atoms with Crippen LogP contribution in [-0.4, -0.2) is 31.7 Å². The third-order valence-electron chi connectivity index (χ3n) is 5.79. The van der Waals surface area contributed by atoms with Crippen molar-refractivity contribution >= 4 is 61.8 Å². The van der Waals surface area contributed by atoms with Crippen molar-refractivity contribution in [3.8, 4) is 0 Å². The van der Waals surface area contributed by atoms with E-state index in [1.54, 1.807) is 24.4 Å². The zero-order valence-electron chi connectivity index (χ0n) is 17.9. The number of aromatic nitrogens is 5. The van der Waals surface area contributed by atoms with Gasteiger partial charge in [0, 0.05) is 45.5 Å². The third-order valence-corrected chi connectivity index (χ3v) is 6.03. The Kier molecular flexibility index (Phi) is 5.00. The number of rotatable bonds is 6. The maximum absolute atomic E-state index is 14.8. The Morgan fingerprint density at radius 1 is 0.971 bits per heavy atom. The van der Waals surface area contributed by atoms with Crippen LogP contribution < -0.4 is 10.6 Å². The molecule has 0 saturated heterocycles. The van der Waals surface area contributed by atoms with E-state index in [0.29, 0.717) is 45.4 Å². The standard InChI is InChI=1S/C25H19ClFN7/c26-16-5-6-21-18(10-16)24(31-23-9-15-13-30-34-22(15)11-19(23)27)33-25(32-21)28-8-7-14-12-29-20-4-2-1-3-17(14)20/h1-6,9-13,29H,7-8H2,(H,30,34)(H2,28,31,32,33). The number of hydrogen-bond acceptors (Lipinski definition) is 5. The number of aromatic amines is 2. The van der Waals surface area contributed by atoms with Gasteiger partial charge in [-0.15, -0.1) is 0 Å². The molecule has 0 aliphatic heterocycles. The fraction of sp³-hybridized carbons (Fsp3) is 0.0800. The van der Waals surface area contributed by atoms with Crippen molar-refractivity contribution < 1.29 is 4.39 Å². The molecule has 0 bridgehead atoms. The highest BCUT2D eigenvalue weighted by Gasteiger charge is 2.13. The summed E-state index contributed by atoms with van der Waals surface area (Å²) in [5.41, 5.74) is 3.93. The molecule has 168 valence electrons. The van der Waals surface area contributed by atoms with Gasteiger partial charge in [-0.2, -0.15) is 10.1 Å². The Morgan fingerprint density at radius 2 is 1.88 bits per heavy atom. The van der Waals surface area contributed by atoms with E-state index in [1.807, 2.05) is 24.4 Å². The number of anilines is 3. The van der Waals surface area contributed by atoms with Gasteiger partial charge in [0.05, 0.1) is 22.9 Å². The summed E-state index contributed by atoms with van der Waals surface area (Å²) >= 11 is 6.23. The van der Waals surface area contributed by atoms with Crippen LogP contribution in [0.15, 0.2) is 67.0 Å². The monoisotopic (exact) mass is 471 g/mol. The number of halogens is 2. The number of para-hydroxylation sites is 1. The molecule has 3 aromatic heterocycles. The van der Waals surface area contributed by atoms with E-state index in [1.165, 1.54) is 17.0 Å². The molecule has 7 nitrogen and oxygen atoms in total. The second-order valence-electron chi connectivity index (χ2n) is 8.01. The lowest BCUT2D eigenvalue weighted by Gasteiger charge is -2.13. The van der Waals surface area contributed by atoms with Crippen LogP contribution in [0, 0.1) is 5.82 Å². The molecule has 0 unspecified atom stereocenters. The highest BCUT2D eigenvalue weighted by atomic mass is 35.5. The molecule has 0 radical (unpaired) electrons. The van der Waals surface area contributed by atoms with Crippen LogP contribution in [0.3, 0.4) is 0 Å². The molecule has 3 aromatic carbocycles. The average molecular weight is 472 g/mol. The summed E-state index contributed by atoms with van der Waals surface area (Å²) in [7, 11) is 0. The molecule has 0 amide bonds. The van der Waals surface area contributed by atoms with Crippen molar-refractivity contribution in [2.45, 2.75) is 6.42 Å². The van der Waals surface area contributed by atoms with Crippen LogP contribution in [0.4, 0.5) is 21.8 Å². The van der Waals surface area contributed by atoms with Gasteiger partial charge in [0.1, 0.15) is 11.6 Å². The van der Waals surface area contributed by atoms with E-state index in [9.17, 15) is 4.39 Å². The van der Waals surface area contributed by atoms with E-state index in [0.717, 1.165) is 17.3 Å². The van der Waals surface area contributed by atoms with Crippen LogP contribution in [0.1, 0.15) is 5.56 Å². The van der Waals surface area contributed by atoms with Gasteiger partial charge in [0.2, 0.25) is 5.95 Å². The quantitative estimate of drug-likeness (QED) is 0.233. The fourth-order valence-electron chi connectivity index (χ4n) is 4.11. The molecule has 4 N–H and O–H groups in total. The lowest BCUT2D eigenvalue weighted by Crippen LogP contribution is -2.09.